The Bertz CT molecular complexity index is 1100. The van der Waals surface area contributed by atoms with E-state index in [1.54, 1.807) is 49.1 Å². The summed E-state index contributed by atoms with van der Waals surface area (Å²) in [7, 11) is 0. The third kappa shape index (κ3) is 14.9. The van der Waals surface area contributed by atoms with Crippen molar-refractivity contribution >= 4 is 59.2 Å². The maximum absolute atomic E-state index is 11.8. The number of thioether (sulfide) groups is 2. The lowest BCUT2D eigenvalue weighted by Gasteiger charge is -2.07. The van der Waals surface area contributed by atoms with E-state index in [4.69, 9.17) is 18.9 Å². The SMILES string of the molecule is C=C(C)C(=O)OCCOC(=O)CCSc1ccc(Sc2ccc(SCCC(=O)OCCOC(=O)C(=C)C)cc2)cc1. The minimum Gasteiger partial charge on any atom is -0.462 e. The van der Waals surface area contributed by atoms with Gasteiger partial charge in [0.15, 0.2) is 0 Å². The van der Waals surface area contributed by atoms with Gasteiger partial charge in [0.25, 0.3) is 0 Å². The van der Waals surface area contributed by atoms with Crippen molar-refractivity contribution in [2.75, 3.05) is 37.9 Å². The highest BCUT2D eigenvalue weighted by Gasteiger charge is 2.08. The molecule has 8 nitrogen and oxygen atoms in total. The van der Waals surface area contributed by atoms with Gasteiger partial charge in [0, 0.05) is 42.2 Å². The summed E-state index contributed by atoms with van der Waals surface area (Å²) >= 11 is 4.77. The van der Waals surface area contributed by atoms with Gasteiger partial charge in [-0.1, -0.05) is 24.9 Å². The van der Waals surface area contributed by atoms with E-state index in [-0.39, 0.29) is 51.2 Å². The van der Waals surface area contributed by atoms with Gasteiger partial charge < -0.3 is 18.9 Å². The van der Waals surface area contributed by atoms with Gasteiger partial charge in [0.1, 0.15) is 26.4 Å². The fourth-order valence-electron chi connectivity index (χ4n) is 2.82. The standard InChI is InChI=1S/C30H34O8S3/c1-21(2)29(33)37-17-15-35-27(31)13-19-39-23-5-9-25(10-6-23)41-26-11-7-24(8-12-26)40-20-14-28(32)36-16-18-38-30(34)22(3)4/h5-12H,1,3,13-20H2,2,4H3. The second-order valence-corrected chi connectivity index (χ2v) is 12.0. The second kappa shape index (κ2) is 19.1. The van der Waals surface area contributed by atoms with Gasteiger partial charge in [-0.2, -0.15) is 0 Å². The molecule has 0 amide bonds. The first-order chi connectivity index (χ1) is 19.6. The highest BCUT2D eigenvalue weighted by atomic mass is 32.2. The monoisotopic (exact) mass is 618 g/mol. The summed E-state index contributed by atoms with van der Waals surface area (Å²) in [6.07, 6.45) is 0.516. The van der Waals surface area contributed by atoms with E-state index in [1.165, 1.54) is 0 Å². The summed E-state index contributed by atoms with van der Waals surface area (Å²) in [5, 5.41) is 0. The molecule has 0 saturated carbocycles. The van der Waals surface area contributed by atoms with E-state index in [0.717, 1.165) is 19.6 Å². The maximum Gasteiger partial charge on any atom is 0.333 e. The van der Waals surface area contributed by atoms with Crippen molar-refractivity contribution in [2.24, 2.45) is 0 Å². The van der Waals surface area contributed by atoms with Crippen LogP contribution in [0, 0.1) is 0 Å². The average molecular weight is 619 g/mol. The van der Waals surface area contributed by atoms with Crippen molar-refractivity contribution in [2.45, 2.75) is 46.3 Å². The molecule has 220 valence electrons. The van der Waals surface area contributed by atoms with Gasteiger partial charge in [-0.15, -0.1) is 23.5 Å². The number of carbonyl (C=O) groups excluding carboxylic acids is 4. The number of hydrogen-bond acceptors (Lipinski definition) is 11. The normalized spacial score (nSPS) is 10.4. The number of benzene rings is 2. The van der Waals surface area contributed by atoms with Crippen LogP contribution in [0.15, 0.2) is 92.4 Å². The van der Waals surface area contributed by atoms with E-state index >= 15 is 0 Å². The Hall–Kier alpha value is -3.15. The molecule has 0 radical (unpaired) electrons. The Morgan fingerprint density at radius 3 is 1.22 bits per heavy atom. The summed E-state index contributed by atoms with van der Waals surface area (Å²) in [5.41, 5.74) is 0.607. The molecule has 0 heterocycles. The van der Waals surface area contributed by atoms with Crippen LogP contribution in [0.4, 0.5) is 0 Å². The lowest BCUT2D eigenvalue weighted by atomic mass is 10.4. The third-order valence-electron chi connectivity index (χ3n) is 4.89. The zero-order valence-electron chi connectivity index (χ0n) is 23.2. The molecule has 0 atom stereocenters. The highest BCUT2D eigenvalue weighted by molar-refractivity contribution is 8.00. The molecule has 0 saturated heterocycles. The molecule has 0 spiro atoms. The Morgan fingerprint density at radius 1 is 0.561 bits per heavy atom. The second-order valence-electron chi connectivity index (χ2n) is 8.52. The Balaban J connectivity index is 1.61. The zero-order valence-corrected chi connectivity index (χ0v) is 25.6. The summed E-state index contributed by atoms with van der Waals surface area (Å²) < 4.78 is 19.9. The Morgan fingerprint density at radius 2 is 0.878 bits per heavy atom. The molecule has 0 bridgehead atoms. The van der Waals surface area contributed by atoms with Crippen molar-refractivity contribution in [3.05, 3.63) is 72.8 Å². The predicted octanol–water partition coefficient (Wildman–Crippen LogP) is 6.13. The first-order valence-corrected chi connectivity index (χ1v) is 15.5. The lowest BCUT2D eigenvalue weighted by molar-refractivity contribution is -0.149. The van der Waals surface area contributed by atoms with Crippen LogP contribution in [-0.4, -0.2) is 61.8 Å². The van der Waals surface area contributed by atoms with Crippen molar-refractivity contribution in [3.63, 3.8) is 0 Å². The van der Waals surface area contributed by atoms with Crippen LogP contribution in [0.1, 0.15) is 26.7 Å². The van der Waals surface area contributed by atoms with Gasteiger partial charge >= 0.3 is 23.9 Å². The molecular weight excluding hydrogens is 585 g/mol. The maximum atomic E-state index is 11.8. The number of hydrogen-bond donors (Lipinski definition) is 0. The molecule has 0 aliphatic heterocycles. The summed E-state index contributed by atoms with van der Waals surface area (Å²) in [5.74, 6) is -0.509. The van der Waals surface area contributed by atoms with Crippen molar-refractivity contribution < 1.29 is 38.1 Å². The average Bonchev–Trinajstić information content (AvgIpc) is 2.95. The van der Waals surface area contributed by atoms with E-state index < -0.39 is 11.9 Å². The minimum absolute atomic E-state index is 0.0146. The largest absolute Gasteiger partial charge is 0.462 e. The molecule has 0 aliphatic carbocycles. The summed E-state index contributed by atoms with van der Waals surface area (Å²) in [6, 6.07) is 16.2. The molecule has 0 fully saturated rings. The van der Waals surface area contributed by atoms with Crippen LogP contribution in [0.2, 0.25) is 0 Å². The summed E-state index contributed by atoms with van der Waals surface area (Å²) in [6.45, 7) is 10.2. The first-order valence-electron chi connectivity index (χ1n) is 12.7. The van der Waals surface area contributed by atoms with Crippen LogP contribution in [-0.2, 0) is 38.1 Å². The molecule has 11 heteroatoms. The molecular formula is C30H34O8S3. The fraction of sp³-hybridized carbons (Fsp3) is 0.333. The van der Waals surface area contributed by atoms with Crippen LogP contribution >= 0.6 is 35.3 Å². The number of esters is 4. The predicted molar refractivity (Wildman–Crippen MR) is 161 cm³/mol. The van der Waals surface area contributed by atoms with E-state index in [2.05, 4.69) is 13.2 Å². The lowest BCUT2D eigenvalue weighted by Crippen LogP contribution is -2.14. The molecule has 0 N–H and O–H groups in total. The molecule has 0 unspecified atom stereocenters. The topological polar surface area (TPSA) is 105 Å². The van der Waals surface area contributed by atoms with E-state index in [0.29, 0.717) is 22.7 Å². The molecule has 2 aromatic rings. The van der Waals surface area contributed by atoms with Gasteiger partial charge in [0.05, 0.1) is 12.8 Å². The van der Waals surface area contributed by atoms with Crippen molar-refractivity contribution in [1.29, 1.82) is 0 Å². The van der Waals surface area contributed by atoms with Gasteiger partial charge in [0.2, 0.25) is 0 Å². The number of rotatable bonds is 18. The van der Waals surface area contributed by atoms with Crippen molar-refractivity contribution in [3.8, 4) is 0 Å². The quantitative estimate of drug-likeness (QED) is 0.0634. The Kier molecular flexibility index (Phi) is 15.8. The fourth-order valence-corrected chi connectivity index (χ4v) is 5.30. The Labute approximate surface area is 253 Å². The smallest absolute Gasteiger partial charge is 0.333 e. The van der Waals surface area contributed by atoms with Gasteiger partial charge in [-0.05, 0) is 62.4 Å². The number of carbonyl (C=O) groups is 4. The number of ether oxygens (including phenoxy) is 4. The van der Waals surface area contributed by atoms with E-state index in [9.17, 15) is 19.2 Å². The molecule has 0 aromatic heterocycles. The van der Waals surface area contributed by atoms with E-state index in [1.807, 2.05) is 48.5 Å². The highest BCUT2D eigenvalue weighted by Crippen LogP contribution is 2.31. The molecule has 0 aliphatic rings. The van der Waals surface area contributed by atoms with Gasteiger partial charge in [-0.3, -0.25) is 9.59 Å². The van der Waals surface area contributed by atoms with Crippen LogP contribution < -0.4 is 0 Å². The zero-order chi connectivity index (χ0) is 30.0. The molecule has 2 aromatic carbocycles. The van der Waals surface area contributed by atoms with Crippen LogP contribution in [0.3, 0.4) is 0 Å². The minimum atomic E-state index is -0.500. The van der Waals surface area contributed by atoms with Crippen molar-refractivity contribution in [1.82, 2.24) is 0 Å². The van der Waals surface area contributed by atoms with Gasteiger partial charge in [-0.25, -0.2) is 9.59 Å². The van der Waals surface area contributed by atoms with Crippen LogP contribution in [0.25, 0.3) is 0 Å². The first kappa shape index (κ1) is 34.1. The molecule has 41 heavy (non-hydrogen) atoms. The molecule has 2 rings (SSSR count). The summed E-state index contributed by atoms with van der Waals surface area (Å²) in [4.78, 5) is 50.5. The third-order valence-corrected chi connectivity index (χ3v) is 7.93. The van der Waals surface area contributed by atoms with Crippen LogP contribution in [0.5, 0.6) is 0 Å².